The summed E-state index contributed by atoms with van der Waals surface area (Å²) in [5.41, 5.74) is 1.31. The van der Waals surface area contributed by atoms with Crippen molar-refractivity contribution < 1.29 is 29.0 Å². The molecule has 30 heavy (non-hydrogen) atoms. The van der Waals surface area contributed by atoms with Crippen molar-refractivity contribution in [2.45, 2.75) is 6.54 Å². The first-order chi connectivity index (χ1) is 14.5. The third-order valence-electron chi connectivity index (χ3n) is 4.92. The van der Waals surface area contributed by atoms with E-state index in [0.29, 0.717) is 65.3 Å². The van der Waals surface area contributed by atoms with Crippen LogP contribution in [0.5, 0.6) is 11.5 Å². The molecule has 0 unspecified atom stereocenters. The number of halogens is 2. The van der Waals surface area contributed by atoms with Crippen LogP contribution in [0.3, 0.4) is 0 Å². The number of benzene rings is 2. The van der Waals surface area contributed by atoms with Gasteiger partial charge >= 0.3 is 0 Å². The number of nitrogens with one attached hydrogen (secondary N) is 1. The average molecular weight is 452 g/mol. The van der Waals surface area contributed by atoms with Gasteiger partial charge < -0.3 is 24.2 Å². The first-order valence-corrected chi connectivity index (χ1v) is 10.2. The Bertz CT molecular complexity index is 933. The highest BCUT2D eigenvalue weighted by molar-refractivity contribution is 6.37. The summed E-state index contributed by atoms with van der Waals surface area (Å²) < 4.78 is 16.2. The summed E-state index contributed by atoms with van der Waals surface area (Å²) in [5, 5.41) is 13.4. The summed E-state index contributed by atoms with van der Waals surface area (Å²) in [6.07, 6.45) is 1.52. The van der Waals surface area contributed by atoms with E-state index < -0.39 is 0 Å². The second-order valence-corrected chi connectivity index (χ2v) is 7.72. The predicted octanol–water partition coefficient (Wildman–Crippen LogP) is 2.36. The molecule has 2 aromatic rings. The fourth-order valence-corrected chi connectivity index (χ4v) is 3.79. The molecule has 0 radical (unpaired) electrons. The lowest BCUT2D eigenvalue weighted by atomic mass is 10.0. The summed E-state index contributed by atoms with van der Waals surface area (Å²) in [4.78, 5) is 14.0. The number of carbonyl (C=O) groups is 1. The van der Waals surface area contributed by atoms with Crippen LogP contribution < -0.4 is 14.7 Å². The molecule has 1 aliphatic heterocycles. The lowest BCUT2D eigenvalue weighted by molar-refractivity contribution is -0.914. The van der Waals surface area contributed by atoms with Crippen LogP contribution in [0, 0.1) is 0 Å². The molecule has 0 saturated heterocycles. The number of hydrogen-bond donors (Lipinski definition) is 1. The zero-order valence-electron chi connectivity index (χ0n) is 16.8. The smallest absolute Gasteiger partial charge is 0.231 e. The van der Waals surface area contributed by atoms with E-state index in [1.165, 1.54) is 18.2 Å². The Morgan fingerprint density at radius 2 is 1.70 bits per heavy atom. The Kier molecular flexibility index (Phi) is 7.75. The van der Waals surface area contributed by atoms with Crippen LogP contribution >= 0.6 is 23.2 Å². The quantitative estimate of drug-likeness (QED) is 0.592. The zero-order chi connectivity index (χ0) is 21.7. The minimum atomic E-state index is -0.308. The van der Waals surface area contributed by atoms with Gasteiger partial charge in [-0.15, -0.1) is 0 Å². The van der Waals surface area contributed by atoms with Crippen LogP contribution in [0.15, 0.2) is 36.1 Å². The molecule has 0 aliphatic carbocycles. The van der Waals surface area contributed by atoms with Crippen LogP contribution in [0.25, 0.3) is 6.08 Å². The van der Waals surface area contributed by atoms with Gasteiger partial charge in [0.25, 0.3) is 0 Å². The molecule has 0 fully saturated rings. The van der Waals surface area contributed by atoms with Gasteiger partial charge in [0.2, 0.25) is 5.78 Å². The topological polar surface area (TPSA) is 72.3 Å². The number of carbonyl (C=O) groups excluding carboxylic acids is 1. The molecule has 1 N–H and O–H groups in total. The van der Waals surface area contributed by atoms with Crippen LogP contribution in [0.1, 0.15) is 21.5 Å². The normalized spacial score (nSPS) is 14.4. The van der Waals surface area contributed by atoms with Gasteiger partial charge in [-0.3, -0.25) is 4.79 Å². The van der Waals surface area contributed by atoms with Crippen LogP contribution in [-0.2, 0) is 16.0 Å². The molecule has 0 spiro atoms. The Hall–Kier alpha value is -2.09. The molecule has 0 atom stereocenters. The molecule has 160 valence electrons. The number of rotatable bonds is 9. The van der Waals surface area contributed by atoms with Crippen LogP contribution in [-0.4, -0.2) is 46.3 Å². The van der Waals surface area contributed by atoms with Crippen molar-refractivity contribution in [3.8, 4) is 11.5 Å². The Balaban J connectivity index is 1.93. The fraction of sp³-hybridized carbons (Fsp3) is 0.318. The molecule has 0 saturated carbocycles. The first kappa shape index (κ1) is 22.6. The van der Waals surface area contributed by atoms with Gasteiger partial charge in [0, 0.05) is 35.4 Å². The van der Waals surface area contributed by atoms with Crippen molar-refractivity contribution in [2.24, 2.45) is 0 Å². The van der Waals surface area contributed by atoms with Gasteiger partial charge in [0.1, 0.15) is 25.4 Å². The first-order valence-electron chi connectivity index (χ1n) is 9.48. The van der Waals surface area contributed by atoms with Crippen molar-refractivity contribution in [3.05, 3.63) is 62.8 Å². The molecule has 0 aromatic heterocycles. The van der Waals surface area contributed by atoms with Gasteiger partial charge in [-0.2, -0.15) is 0 Å². The van der Waals surface area contributed by atoms with E-state index in [9.17, 15) is 9.90 Å². The molecule has 1 aliphatic rings. The van der Waals surface area contributed by atoms with Crippen molar-refractivity contribution >= 4 is 35.1 Å². The molecule has 2 aromatic carbocycles. The number of fused-ring (bicyclic) bond motifs is 1. The van der Waals surface area contributed by atoms with Crippen molar-refractivity contribution in [2.75, 3.05) is 40.5 Å². The summed E-state index contributed by atoms with van der Waals surface area (Å²) in [6, 6.07) is 7.99. The van der Waals surface area contributed by atoms with Gasteiger partial charge in [0.05, 0.1) is 18.8 Å². The third kappa shape index (κ3) is 4.96. The second kappa shape index (κ2) is 10.3. The highest BCUT2D eigenvalue weighted by atomic mass is 35.5. The minimum absolute atomic E-state index is 0.0854. The molecular weight excluding hydrogens is 429 g/mol. The summed E-state index contributed by atoms with van der Waals surface area (Å²) in [6.45, 7) is 2.85. The Morgan fingerprint density at radius 1 is 1.07 bits per heavy atom. The largest absolute Gasteiger partial charge is 0.872 e. The molecular formula is C22H23Cl2NO5. The number of ketones is 1. The lowest BCUT2D eigenvalue weighted by Gasteiger charge is -2.23. The number of allylic oxidation sites excluding steroid dienone is 1. The number of ether oxygens (including phenoxy) is 3. The maximum Gasteiger partial charge on any atom is 0.231 e. The standard InChI is InChI=1S/C22H23Cl2NO5/c1-28-10-8-25(9-11-29-2)13-16-19(26)7-6-14-21(27)20(30-22(14)16)12-15-17(23)4-3-5-18(15)24/h3-7,12,26H,8-11,13H2,1-2H3/b20-12-. The van der Waals surface area contributed by atoms with Crippen LogP contribution in [0.4, 0.5) is 0 Å². The van der Waals surface area contributed by atoms with Gasteiger partial charge in [0.15, 0.2) is 5.76 Å². The van der Waals surface area contributed by atoms with Gasteiger partial charge in [-0.05, 0) is 24.3 Å². The van der Waals surface area contributed by atoms with Crippen molar-refractivity contribution in [3.63, 3.8) is 0 Å². The second-order valence-electron chi connectivity index (χ2n) is 6.91. The monoisotopic (exact) mass is 451 g/mol. The van der Waals surface area contributed by atoms with Crippen LogP contribution in [0.2, 0.25) is 10.0 Å². The molecule has 3 rings (SSSR count). The van der Waals surface area contributed by atoms with Gasteiger partial charge in [-0.1, -0.05) is 41.1 Å². The molecule has 8 heteroatoms. The van der Waals surface area contributed by atoms with E-state index in [1.807, 2.05) is 0 Å². The molecule has 0 amide bonds. The third-order valence-corrected chi connectivity index (χ3v) is 5.58. The molecule has 1 heterocycles. The van der Waals surface area contributed by atoms with Crippen molar-refractivity contribution in [1.29, 1.82) is 0 Å². The number of quaternary nitrogens is 1. The Morgan fingerprint density at radius 3 is 2.30 bits per heavy atom. The molecule has 6 nitrogen and oxygen atoms in total. The predicted molar refractivity (Wildman–Crippen MR) is 113 cm³/mol. The maximum atomic E-state index is 12.9. The molecule has 0 bridgehead atoms. The summed E-state index contributed by atoms with van der Waals surface area (Å²) in [5.74, 6) is -0.0973. The minimum Gasteiger partial charge on any atom is -0.872 e. The van der Waals surface area contributed by atoms with Gasteiger partial charge in [-0.25, -0.2) is 0 Å². The highest BCUT2D eigenvalue weighted by Gasteiger charge is 2.31. The van der Waals surface area contributed by atoms with E-state index in [-0.39, 0.29) is 17.3 Å². The van der Waals surface area contributed by atoms with E-state index in [1.54, 1.807) is 32.4 Å². The van der Waals surface area contributed by atoms with E-state index in [0.717, 1.165) is 4.90 Å². The van der Waals surface area contributed by atoms with E-state index in [2.05, 4.69) is 0 Å². The lowest BCUT2D eigenvalue weighted by Crippen LogP contribution is -3.11. The highest BCUT2D eigenvalue weighted by Crippen LogP contribution is 2.39. The number of Topliss-reactive ketones (excluding diaryl/α,β-unsaturated/α-hetero) is 1. The number of methoxy groups -OCH3 is 2. The SMILES string of the molecule is COCC[NH+](CCOC)Cc1c([O-])ccc2c1O/C(=C\c1c(Cl)cccc1Cl)C2=O. The summed E-state index contributed by atoms with van der Waals surface area (Å²) >= 11 is 12.4. The average Bonchev–Trinajstić information content (AvgIpc) is 3.04. The van der Waals surface area contributed by atoms with E-state index >= 15 is 0 Å². The zero-order valence-corrected chi connectivity index (χ0v) is 18.3. The maximum absolute atomic E-state index is 12.9. The number of hydrogen-bond acceptors (Lipinski definition) is 5. The summed E-state index contributed by atoms with van der Waals surface area (Å²) in [7, 11) is 3.26. The Labute approximate surface area is 185 Å². The van der Waals surface area contributed by atoms with Crippen molar-refractivity contribution in [1.82, 2.24) is 0 Å². The van der Waals surface area contributed by atoms with E-state index in [4.69, 9.17) is 37.4 Å². The fourth-order valence-electron chi connectivity index (χ4n) is 3.28.